The van der Waals surface area contributed by atoms with Crippen molar-refractivity contribution in [1.82, 2.24) is 0 Å². The lowest BCUT2D eigenvalue weighted by Gasteiger charge is -2.40. The van der Waals surface area contributed by atoms with Gasteiger partial charge in [0.25, 0.3) is 0 Å². The number of hydrogen-bond donors (Lipinski definition) is 0. The molecular formula is C54H34O. The Bertz CT molecular complexity index is 2930. The summed E-state index contributed by atoms with van der Waals surface area (Å²) in [4.78, 5) is 0. The van der Waals surface area contributed by atoms with E-state index in [0.29, 0.717) is 0 Å². The first-order chi connectivity index (χ1) is 27.3. The van der Waals surface area contributed by atoms with Crippen molar-refractivity contribution >= 4 is 10.8 Å². The van der Waals surface area contributed by atoms with Gasteiger partial charge in [0.15, 0.2) is 0 Å². The normalized spacial score (nSPS) is 14.6. The molecule has 0 amide bonds. The van der Waals surface area contributed by atoms with Gasteiger partial charge in [-0.3, -0.25) is 0 Å². The molecule has 9 aromatic rings. The summed E-state index contributed by atoms with van der Waals surface area (Å²) in [6.45, 7) is 0. The molecule has 256 valence electrons. The number of benzene rings is 9. The van der Waals surface area contributed by atoms with E-state index < -0.39 is 10.8 Å². The lowest BCUT2D eigenvalue weighted by Crippen LogP contribution is -2.32. The minimum atomic E-state index is -0.593. The summed E-state index contributed by atoms with van der Waals surface area (Å²) >= 11 is 0. The van der Waals surface area contributed by atoms with Crippen LogP contribution in [0.2, 0.25) is 0 Å². The topological polar surface area (TPSA) is 9.23 Å². The molecule has 0 fully saturated rings. The Morgan fingerprint density at radius 2 is 0.818 bits per heavy atom. The Morgan fingerprint density at radius 3 is 1.49 bits per heavy atom. The second kappa shape index (κ2) is 11.3. The van der Waals surface area contributed by atoms with Gasteiger partial charge < -0.3 is 4.74 Å². The molecule has 0 radical (unpaired) electrons. The average molecular weight is 699 g/mol. The third-order valence-electron chi connectivity index (χ3n) is 12.6. The van der Waals surface area contributed by atoms with Crippen LogP contribution in [-0.4, -0.2) is 0 Å². The second-order valence-corrected chi connectivity index (χ2v) is 15.1. The summed E-state index contributed by atoms with van der Waals surface area (Å²) < 4.78 is 7.02. The molecule has 3 aliphatic rings. The molecule has 0 saturated heterocycles. The third kappa shape index (κ3) is 3.87. The predicted octanol–water partition coefficient (Wildman–Crippen LogP) is 13.3. The Kier molecular flexibility index (Phi) is 6.25. The van der Waals surface area contributed by atoms with Gasteiger partial charge in [-0.25, -0.2) is 0 Å². The van der Waals surface area contributed by atoms with Crippen LogP contribution < -0.4 is 4.74 Å². The Morgan fingerprint density at radius 1 is 0.309 bits per heavy atom. The predicted molar refractivity (Wildman–Crippen MR) is 224 cm³/mol. The Balaban J connectivity index is 1.21. The molecule has 1 spiro atoms. The summed E-state index contributed by atoms with van der Waals surface area (Å²) in [6, 6.07) is 76.2. The van der Waals surface area contributed by atoms with E-state index in [1.165, 1.54) is 88.7 Å². The molecule has 1 heteroatoms. The van der Waals surface area contributed by atoms with Gasteiger partial charge in [-0.15, -0.1) is 0 Å². The summed E-state index contributed by atoms with van der Waals surface area (Å²) in [5.41, 5.74) is 16.5. The highest BCUT2D eigenvalue weighted by Crippen LogP contribution is 2.64. The van der Waals surface area contributed by atoms with Gasteiger partial charge in [-0.05, 0) is 95.7 Å². The van der Waals surface area contributed by atoms with Crippen LogP contribution in [0.25, 0.3) is 44.2 Å². The van der Waals surface area contributed by atoms with Crippen LogP contribution in [0.1, 0.15) is 44.5 Å². The maximum Gasteiger partial charge on any atom is 0.132 e. The molecule has 55 heavy (non-hydrogen) atoms. The zero-order chi connectivity index (χ0) is 36.1. The van der Waals surface area contributed by atoms with Crippen molar-refractivity contribution in [3.05, 3.63) is 251 Å². The quantitative estimate of drug-likeness (QED) is 0.178. The van der Waals surface area contributed by atoms with E-state index in [1.807, 2.05) is 0 Å². The van der Waals surface area contributed by atoms with Crippen LogP contribution in [-0.2, 0) is 10.8 Å². The maximum absolute atomic E-state index is 7.02. The molecule has 0 saturated carbocycles. The summed E-state index contributed by atoms with van der Waals surface area (Å²) in [5, 5.41) is 2.42. The highest BCUT2D eigenvalue weighted by Gasteiger charge is 2.52. The molecule has 12 rings (SSSR count). The standard InChI is InChI=1S/C54H34O/c1-3-17-37(18-4-1)53(38-19-5-2-6-20-38)45-27-12-11-24-43(45)44-26-15-25-40(51(44)53)36-31-32-49-48(34-36)54(52-39-21-8-7-16-35(39)30-33-50(52)55-49)46-28-13-9-22-41(46)42-23-10-14-29-47(42)54/h1-34H. The molecule has 1 nitrogen and oxygen atoms in total. The largest absolute Gasteiger partial charge is 0.457 e. The molecule has 1 heterocycles. The van der Waals surface area contributed by atoms with Gasteiger partial charge in [0.05, 0.1) is 10.8 Å². The van der Waals surface area contributed by atoms with Crippen molar-refractivity contribution in [3.63, 3.8) is 0 Å². The fourth-order valence-corrected chi connectivity index (χ4v) is 10.6. The minimum absolute atomic E-state index is 0.523. The van der Waals surface area contributed by atoms with E-state index in [2.05, 4.69) is 206 Å². The second-order valence-electron chi connectivity index (χ2n) is 15.1. The molecule has 1 aliphatic heterocycles. The van der Waals surface area contributed by atoms with Crippen molar-refractivity contribution < 1.29 is 4.74 Å². The molecule has 0 N–H and O–H groups in total. The van der Waals surface area contributed by atoms with Crippen LogP contribution >= 0.6 is 0 Å². The molecule has 0 aromatic heterocycles. The monoisotopic (exact) mass is 698 g/mol. The Labute approximate surface area is 320 Å². The number of hydrogen-bond acceptors (Lipinski definition) is 1. The van der Waals surface area contributed by atoms with Gasteiger partial charge in [0.2, 0.25) is 0 Å². The lowest BCUT2D eigenvalue weighted by molar-refractivity contribution is 0.438. The van der Waals surface area contributed by atoms with Crippen LogP contribution in [0.15, 0.2) is 206 Å². The molecule has 0 atom stereocenters. The van der Waals surface area contributed by atoms with E-state index in [1.54, 1.807) is 0 Å². The van der Waals surface area contributed by atoms with Gasteiger partial charge in [0.1, 0.15) is 11.5 Å². The molecule has 2 aliphatic carbocycles. The maximum atomic E-state index is 7.02. The van der Waals surface area contributed by atoms with Crippen molar-refractivity contribution in [3.8, 4) is 44.9 Å². The van der Waals surface area contributed by atoms with Crippen LogP contribution in [0.3, 0.4) is 0 Å². The van der Waals surface area contributed by atoms with Crippen molar-refractivity contribution in [1.29, 1.82) is 0 Å². The van der Waals surface area contributed by atoms with Gasteiger partial charge in [-0.1, -0.05) is 188 Å². The average Bonchev–Trinajstić information content (AvgIpc) is 3.73. The Hall–Kier alpha value is -6.96. The van der Waals surface area contributed by atoms with E-state index >= 15 is 0 Å². The number of rotatable bonds is 3. The first-order valence-corrected chi connectivity index (χ1v) is 19.2. The van der Waals surface area contributed by atoms with Crippen molar-refractivity contribution in [2.45, 2.75) is 10.8 Å². The summed E-state index contributed by atoms with van der Waals surface area (Å²) in [5.74, 6) is 1.81. The van der Waals surface area contributed by atoms with Gasteiger partial charge in [-0.2, -0.15) is 0 Å². The summed E-state index contributed by atoms with van der Waals surface area (Å²) in [6.07, 6.45) is 0. The van der Waals surface area contributed by atoms with Crippen molar-refractivity contribution in [2.75, 3.05) is 0 Å². The highest BCUT2D eigenvalue weighted by atomic mass is 16.5. The van der Waals surface area contributed by atoms with E-state index in [9.17, 15) is 0 Å². The zero-order valence-corrected chi connectivity index (χ0v) is 30.0. The fourth-order valence-electron chi connectivity index (χ4n) is 10.6. The minimum Gasteiger partial charge on any atom is -0.457 e. The number of fused-ring (bicyclic) bond motifs is 14. The third-order valence-corrected chi connectivity index (χ3v) is 12.6. The van der Waals surface area contributed by atoms with E-state index in [0.717, 1.165) is 11.5 Å². The smallest absolute Gasteiger partial charge is 0.132 e. The lowest BCUT2D eigenvalue weighted by atomic mass is 9.64. The molecular weight excluding hydrogens is 665 g/mol. The van der Waals surface area contributed by atoms with Crippen LogP contribution in [0, 0.1) is 0 Å². The fraction of sp³-hybridized carbons (Fsp3) is 0.0370. The van der Waals surface area contributed by atoms with Gasteiger partial charge >= 0.3 is 0 Å². The molecule has 0 unspecified atom stereocenters. The first kappa shape index (κ1) is 30.5. The van der Waals surface area contributed by atoms with E-state index in [-0.39, 0.29) is 0 Å². The van der Waals surface area contributed by atoms with Crippen LogP contribution in [0.5, 0.6) is 11.5 Å². The van der Waals surface area contributed by atoms with Crippen LogP contribution in [0.4, 0.5) is 0 Å². The zero-order valence-electron chi connectivity index (χ0n) is 30.0. The SMILES string of the molecule is c1ccc(C2(c3ccccc3)c3ccccc3-c3cccc(-c4ccc5c(c4)C4(c6ccccc6-c6ccccc64)c4c(ccc6ccccc46)O5)c32)cc1. The van der Waals surface area contributed by atoms with E-state index in [4.69, 9.17) is 4.74 Å². The highest BCUT2D eigenvalue weighted by molar-refractivity contribution is 5.98. The first-order valence-electron chi connectivity index (χ1n) is 19.2. The summed E-state index contributed by atoms with van der Waals surface area (Å²) in [7, 11) is 0. The van der Waals surface area contributed by atoms with Gasteiger partial charge in [0, 0.05) is 11.1 Å². The molecule has 0 bridgehead atoms. The molecule has 9 aromatic carbocycles. The number of ether oxygens (including phenoxy) is 1. The van der Waals surface area contributed by atoms with Crippen molar-refractivity contribution in [2.24, 2.45) is 0 Å².